The highest BCUT2D eigenvalue weighted by Crippen LogP contribution is 2.29. The first-order valence-corrected chi connectivity index (χ1v) is 5.99. The fourth-order valence-electron chi connectivity index (χ4n) is 1.27. The highest BCUT2D eigenvalue weighted by Gasteiger charge is 2.22. The van der Waals surface area contributed by atoms with Gasteiger partial charge in [0, 0.05) is 0 Å². The van der Waals surface area contributed by atoms with Crippen molar-refractivity contribution in [2.75, 3.05) is 24.3 Å². The number of esters is 1. The van der Waals surface area contributed by atoms with E-state index >= 15 is 0 Å². The average molecular weight is 252 g/mol. The minimum Gasteiger partial charge on any atom is -0.462 e. The molecule has 7 heteroatoms. The Hall–Kier alpha value is -1.94. The second kappa shape index (κ2) is 5.41. The Balaban J connectivity index is 3.43. The Morgan fingerprint density at radius 3 is 2.71 bits per heavy atom. The van der Waals surface area contributed by atoms with E-state index in [1.54, 1.807) is 13.2 Å². The lowest BCUT2D eigenvalue weighted by atomic mass is 10.1. The quantitative estimate of drug-likeness (QED) is 0.609. The van der Waals surface area contributed by atoms with E-state index < -0.39 is 5.97 Å². The molecule has 1 heterocycles. The third-order valence-corrected chi connectivity index (χ3v) is 2.70. The molecule has 0 bridgehead atoms. The zero-order chi connectivity index (χ0) is 13.0. The van der Waals surface area contributed by atoms with Crippen LogP contribution in [-0.2, 0) is 4.74 Å². The molecule has 0 aliphatic carbocycles. The van der Waals surface area contributed by atoms with Crippen molar-refractivity contribution in [3.63, 3.8) is 0 Å². The molecule has 0 saturated heterocycles. The number of rotatable bonds is 3. The van der Waals surface area contributed by atoms with Crippen LogP contribution in [0.2, 0.25) is 0 Å². The van der Waals surface area contributed by atoms with E-state index in [0.29, 0.717) is 5.03 Å². The van der Waals surface area contributed by atoms with Crippen LogP contribution < -0.4 is 11.5 Å². The number of hydrogen-bond acceptors (Lipinski definition) is 7. The average Bonchev–Trinajstić information content (AvgIpc) is 2.28. The van der Waals surface area contributed by atoms with Gasteiger partial charge in [-0.05, 0) is 13.2 Å². The first kappa shape index (κ1) is 13.1. The number of thioether (sulfide) groups is 1. The van der Waals surface area contributed by atoms with Crippen LogP contribution in [0.1, 0.15) is 22.8 Å². The summed E-state index contributed by atoms with van der Waals surface area (Å²) in [6.45, 7) is 1.86. The number of pyridine rings is 1. The summed E-state index contributed by atoms with van der Waals surface area (Å²) in [6, 6.07) is 1.91. The van der Waals surface area contributed by atoms with Crippen molar-refractivity contribution in [1.82, 2.24) is 4.98 Å². The maximum atomic E-state index is 11.6. The van der Waals surface area contributed by atoms with Gasteiger partial charge < -0.3 is 16.2 Å². The third-order valence-electron chi connectivity index (χ3n) is 2.02. The number of anilines is 2. The van der Waals surface area contributed by atoms with Gasteiger partial charge in [-0.3, -0.25) is 0 Å². The first-order valence-electron chi connectivity index (χ1n) is 4.76. The molecule has 0 radical (unpaired) electrons. The second-order valence-corrected chi connectivity index (χ2v) is 3.80. The van der Waals surface area contributed by atoms with Crippen molar-refractivity contribution in [2.45, 2.75) is 11.9 Å². The minimum atomic E-state index is -0.667. The summed E-state index contributed by atoms with van der Waals surface area (Å²) in [6.07, 6.45) is 1.74. The van der Waals surface area contributed by atoms with Gasteiger partial charge in [-0.2, -0.15) is 5.26 Å². The van der Waals surface area contributed by atoms with E-state index in [0.717, 1.165) is 0 Å². The summed E-state index contributed by atoms with van der Waals surface area (Å²) < 4.78 is 4.81. The number of carbonyl (C=O) groups excluding carboxylic acids is 1. The normalized spacial score (nSPS) is 9.71. The molecule has 0 spiro atoms. The fraction of sp³-hybridized carbons (Fsp3) is 0.300. The number of hydrogen-bond donors (Lipinski definition) is 2. The monoisotopic (exact) mass is 252 g/mol. The smallest absolute Gasteiger partial charge is 0.344 e. The number of nitrogen functional groups attached to an aromatic ring is 2. The van der Waals surface area contributed by atoms with E-state index in [1.807, 2.05) is 6.07 Å². The molecule has 1 aromatic rings. The lowest BCUT2D eigenvalue weighted by Gasteiger charge is -2.11. The second-order valence-electron chi connectivity index (χ2n) is 3.00. The van der Waals surface area contributed by atoms with Gasteiger partial charge in [0.2, 0.25) is 0 Å². The van der Waals surface area contributed by atoms with Gasteiger partial charge in [0.1, 0.15) is 28.0 Å². The molecule has 0 fully saturated rings. The van der Waals surface area contributed by atoms with Crippen molar-refractivity contribution in [2.24, 2.45) is 0 Å². The topological polar surface area (TPSA) is 115 Å². The van der Waals surface area contributed by atoms with Crippen LogP contribution in [0.4, 0.5) is 11.5 Å². The van der Waals surface area contributed by atoms with Crippen LogP contribution in [0.25, 0.3) is 0 Å². The summed E-state index contributed by atoms with van der Waals surface area (Å²) in [7, 11) is 0. The Labute approximate surface area is 103 Å². The van der Waals surface area contributed by atoms with Crippen LogP contribution in [0.3, 0.4) is 0 Å². The Kier molecular flexibility index (Phi) is 4.17. The summed E-state index contributed by atoms with van der Waals surface area (Å²) in [5.74, 6) is -0.691. The molecule has 0 aliphatic heterocycles. The number of nitriles is 1. The number of aromatic nitrogens is 1. The van der Waals surface area contributed by atoms with E-state index in [2.05, 4.69) is 4.98 Å². The maximum absolute atomic E-state index is 11.6. The molecule has 0 aromatic carbocycles. The SMILES string of the molecule is CCOC(=O)c1c(N)nc(SC)c(C#N)c1N. The molecule has 1 aromatic heterocycles. The molecule has 0 atom stereocenters. The molecule has 0 amide bonds. The zero-order valence-electron chi connectivity index (χ0n) is 9.48. The molecule has 0 unspecified atom stereocenters. The zero-order valence-corrected chi connectivity index (χ0v) is 10.3. The number of nitrogens with two attached hydrogens (primary N) is 2. The van der Waals surface area contributed by atoms with Gasteiger partial charge in [0.05, 0.1) is 12.3 Å². The molecular formula is C10H12N4O2S. The van der Waals surface area contributed by atoms with Crippen molar-refractivity contribution in [1.29, 1.82) is 5.26 Å². The summed E-state index contributed by atoms with van der Waals surface area (Å²) >= 11 is 1.24. The lowest BCUT2D eigenvalue weighted by Crippen LogP contribution is -2.14. The molecule has 1 rings (SSSR count). The molecular weight excluding hydrogens is 240 g/mol. The van der Waals surface area contributed by atoms with E-state index in [4.69, 9.17) is 21.5 Å². The van der Waals surface area contributed by atoms with E-state index in [9.17, 15) is 4.79 Å². The standard InChI is InChI=1S/C10H12N4O2S/c1-3-16-10(15)6-7(12)5(4-11)9(17-2)14-8(6)13/h3H2,1-2H3,(H4,12,13,14). The predicted molar refractivity (Wildman–Crippen MR) is 65.5 cm³/mol. The Morgan fingerprint density at radius 2 is 2.24 bits per heavy atom. The first-order chi connectivity index (χ1) is 8.06. The summed E-state index contributed by atoms with van der Waals surface area (Å²) in [5, 5.41) is 9.38. The molecule has 90 valence electrons. The maximum Gasteiger partial charge on any atom is 0.344 e. The molecule has 17 heavy (non-hydrogen) atoms. The molecule has 4 N–H and O–H groups in total. The fourth-order valence-corrected chi connectivity index (χ4v) is 1.82. The van der Waals surface area contributed by atoms with Crippen LogP contribution in [0, 0.1) is 11.3 Å². The van der Waals surface area contributed by atoms with Crippen molar-refractivity contribution >= 4 is 29.2 Å². The van der Waals surface area contributed by atoms with Crippen LogP contribution in [-0.4, -0.2) is 23.8 Å². The molecule has 0 saturated carbocycles. The van der Waals surface area contributed by atoms with Crippen molar-refractivity contribution in [3.05, 3.63) is 11.1 Å². The largest absolute Gasteiger partial charge is 0.462 e. The molecule has 6 nitrogen and oxygen atoms in total. The van der Waals surface area contributed by atoms with Gasteiger partial charge in [-0.1, -0.05) is 0 Å². The Bertz CT molecular complexity index is 496. The summed E-state index contributed by atoms with van der Waals surface area (Å²) in [4.78, 5) is 15.6. The highest BCUT2D eigenvalue weighted by molar-refractivity contribution is 7.98. The van der Waals surface area contributed by atoms with Gasteiger partial charge in [-0.25, -0.2) is 9.78 Å². The Morgan fingerprint density at radius 1 is 1.59 bits per heavy atom. The van der Waals surface area contributed by atoms with Crippen molar-refractivity contribution in [3.8, 4) is 6.07 Å². The summed E-state index contributed by atoms with van der Waals surface area (Å²) in [5.41, 5.74) is 11.5. The van der Waals surface area contributed by atoms with Crippen molar-refractivity contribution < 1.29 is 9.53 Å². The lowest BCUT2D eigenvalue weighted by molar-refractivity contribution is 0.0528. The van der Waals surface area contributed by atoms with Crippen LogP contribution in [0.5, 0.6) is 0 Å². The van der Waals surface area contributed by atoms with Gasteiger partial charge in [0.25, 0.3) is 0 Å². The van der Waals surface area contributed by atoms with Gasteiger partial charge >= 0.3 is 5.97 Å². The third kappa shape index (κ3) is 2.42. The van der Waals surface area contributed by atoms with E-state index in [-0.39, 0.29) is 29.2 Å². The predicted octanol–water partition coefficient (Wildman–Crippen LogP) is 1.02. The van der Waals surface area contributed by atoms with Crippen LogP contribution >= 0.6 is 11.8 Å². The molecule has 0 aliphatic rings. The van der Waals surface area contributed by atoms with Gasteiger partial charge in [-0.15, -0.1) is 11.8 Å². The highest BCUT2D eigenvalue weighted by atomic mass is 32.2. The van der Waals surface area contributed by atoms with E-state index in [1.165, 1.54) is 11.8 Å². The van der Waals surface area contributed by atoms with Crippen LogP contribution in [0.15, 0.2) is 5.03 Å². The van der Waals surface area contributed by atoms with Gasteiger partial charge in [0.15, 0.2) is 0 Å². The number of nitrogens with zero attached hydrogens (tertiary/aromatic N) is 2. The number of carbonyl (C=O) groups is 1. The number of ether oxygens (including phenoxy) is 1. The minimum absolute atomic E-state index is 0.0165.